The number of nitrogens with zero attached hydrogens (tertiary/aromatic N) is 3. The van der Waals surface area contributed by atoms with Crippen LogP contribution in [0.2, 0.25) is 0 Å². The third kappa shape index (κ3) is 5.34. The molecule has 2 atom stereocenters. The predicted molar refractivity (Wildman–Crippen MR) is 118 cm³/mol. The van der Waals surface area contributed by atoms with Crippen LogP contribution < -0.4 is 5.32 Å². The van der Waals surface area contributed by atoms with Crippen LogP contribution in [0.4, 0.5) is 0 Å². The van der Waals surface area contributed by atoms with E-state index in [1.807, 2.05) is 51.4 Å². The lowest BCUT2D eigenvalue weighted by Crippen LogP contribution is -2.46. The number of rotatable bonds is 7. The molecule has 0 radical (unpaired) electrons. The minimum absolute atomic E-state index is 0.0595. The first kappa shape index (κ1) is 23.0. The number of carbonyl (C=O) groups excluding carboxylic acids is 1. The lowest BCUT2D eigenvalue weighted by atomic mass is 9.98. The Labute approximate surface area is 183 Å². The van der Waals surface area contributed by atoms with Gasteiger partial charge in [-0.15, -0.1) is 0 Å². The molecule has 1 saturated heterocycles. The van der Waals surface area contributed by atoms with Crippen molar-refractivity contribution in [3.63, 3.8) is 0 Å². The summed E-state index contributed by atoms with van der Waals surface area (Å²) < 4.78 is 33.4. The molecule has 2 aromatic rings. The summed E-state index contributed by atoms with van der Waals surface area (Å²) in [6.07, 6.45) is 4.55. The number of amides is 1. The summed E-state index contributed by atoms with van der Waals surface area (Å²) >= 11 is 0. The highest BCUT2D eigenvalue weighted by molar-refractivity contribution is 7.89. The summed E-state index contributed by atoms with van der Waals surface area (Å²) in [7, 11) is -0.185. The zero-order valence-electron chi connectivity index (χ0n) is 18.4. The minimum Gasteiger partial charge on any atom is -0.383 e. The first-order valence-electron chi connectivity index (χ1n) is 10.4. The largest absolute Gasteiger partial charge is 0.383 e. The highest BCUT2D eigenvalue weighted by atomic mass is 32.2. The molecule has 1 N–H and O–H groups in total. The average molecular weight is 447 g/mol. The van der Waals surface area contributed by atoms with Crippen LogP contribution in [0, 0.1) is 12.8 Å². The Morgan fingerprint density at radius 2 is 2.03 bits per heavy atom. The van der Waals surface area contributed by atoms with Gasteiger partial charge in [0, 0.05) is 39.5 Å². The maximum atomic E-state index is 13.4. The predicted octanol–water partition coefficient (Wildman–Crippen LogP) is 2.79. The van der Waals surface area contributed by atoms with Gasteiger partial charge in [0.25, 0.3) is 0 Å². The topological polar surface area (TPSA) is 95.8 Å². The van der Waals surface area contributed by atoms with E-state index in [4.69, 9.17) is 4.52 Å². The second-order valence-electron chi connectivity index (χ2n) is 8.08. The molecule has 1 aliphatic rings. The van der Waals surface area contributed by atoms with Gasteiger partial charge in [0.1, 0.15) is 5.69 Å². The van der Waals surface area contributed by atoms with Crippen molar-refractivity contribution < 1.29 is 17.7 Å². The first-order valence-corrected chi connectivity index (χ1v) is 11.8. The summed E-state index contributed by atoms with van der Waals surface area (Å²) in [5.74, 6) is -0.350. The number of hydrogen-bond donors (Lipinski definition) is 1. The zero-order chi connectivity index (χ0) is 22.6. The summed E-state index contributed by atoms with van der Waals surface area (Å²) in [5.41, 5.74) is 1.32. The van der Waals surface area contributed by atoms with Crippen LogP contribution in [-0.4, -0.2) is 55.9 Å². The van der Waals surface area contributed by atoms with Crippen LogP contribution in [0.3, 0.4) is 0 Å². The molecule has 1 aromatic heterocycles. The molecule has 0 saturated carbocycles. The van der Waals surface area contributed by atoms with E-state index in [1.54, 1.807) is 24.1 Å². The molecule has 0 spiro atoms. The zero-order valence-corrected chi connectivity index (χ0v) is 19.2. The molecular formula is C22H30N4O4S. The molecule has 0 bridgehead atoms. The number of aryl methyl sites for hydroxylation is 1. The Morgan fingerprint density at radius 1 is 1.32 bits per heavy atom. The van der Waals surface area contributed by atoms with Gasteiger partial charge in [-0.25, -0.2) is 8.42 Å². The fourth-order valence-corrected chi connectivity index (χ4v) is 5.45. The maximum absolute atomic E-state index is 13.4. The second kappa shape index (κ2) is 9.65. The van der Waals surface area contributed by atoms with Gasteiger partial charge in [-0.1, -0.05) is 35.5 Å². The van der Waals surface area contributed by atoms with Gasteiger partial charge in [0.15, 0.2) is 10.7 Å². The Hall–Kier alpha value is -2.65. The second-order valence-corrected chi connectivity index (χ2v) is 9.96. The average Bonchev–Trinajstić information content (AvgIpc) is 3.14. The van der Waals surface area contributed by atoms with E-state index >= 15 is 0 Å². The molecule has 1 fully saturated rings. The molecule has 0 unspecified atom stereocenters. The van der Waals surface area contributed by atoms with Crippen LogP contribution in [-0.2, 0) is 14.8 Å². The van der Waals surface area contributed by atoms with E-state index in [-0.39, 0.29) is 29.1 Å². The minimum atomic E-state index is -3.85. The quantitative estimate of drug-likeness (QED) is 0.703. The van der Waals surface area contributed by atoms with Crippen molar-refractivity contribution in [1.29, 1.82) is 0 Å². The van der Waals surface area contributed by atoms with Crippen molar-refractivity contribution in [1.82, 2.24) is 19.7 Å². The van der Waals surface area contributed by atoms with Gasteiger partial charge in [0.05, 0.1) is 12.0 Å². The molecule has 31 heavy (non-hydrogen) atoms. The van der Waals surface area contributed by atoms with E-state index < -0.39 is 15.9 Å². The molecule has 168 valence electrons. The van der Waals surface area contributed by atoms with Crippen LogP contribution in [0.15, 0.2) is 46.0 Å². The van der Waals surface area contributed by atoms with E-state index in [0.717, 1.165) is 5.56 Å². The van der Waals surface area contributed by atoms with Crippen LogP contribution >= 0.6 is 0 Å². The normalized spacial score (nSPS) is 18.8. The standard InChI is InChI=1S/C22H30N4O4S/c1-16(18-9-6-5-7-10-18)23-22(27)19-11-8-13-26(15-19)31(28,29)21-17(2)24-30-20(21)12-14-25(3)4/h5-7,9-10,12,14,16,19H,8,11,13,15H2,1-4H3,(H,23,27)/b14-12+/t16-,19+/m0/s1. The molecule has 1 aromatic carbocycles. The van der Waals surface area contributed by atoms with Gasteiger partial charge >= 0.3 is 0 Å². The van der Waals surface area contributed by atoms with Crippen molar-refractivity contribution in [3.05, 3.63) is 53.5 Å². The molecule has 9 heteroatoms. The van der Waals surface area contributed by atoms with Gasteiger partial charge in [0.2, 0.25) is 15.9 Å². The van der Waals surface area contributed by atoms with E-state index in [9.17, 15) is 13.2 Å². The summed E-state index contributed by atoms with van der Waals surface area (Å²) in [6.45, 7) is 4.03. The summed E-state index contributed by atoms with van der Waals surface area (Å²) in [4.78, 5) is 14.7. The number of carbonyl (C=O) groups is 1. The van der Waals surface area contributed by atoms with Gasteiger partial charge in [-0.3, -0.25) is 4.79 Å². The van der Waals surface area contributed by atoms with Crippen LogP contribution in [0.5, 0.6) is 0 Å². The molecule has 3 rings (SSSR count). The van der Waals surface area contributed by atoms with Crippen molar-refractivity contribution in [3.8, 4) is 0 Å². The summed E-state index contributed by atoms with van der Waals surface area (Å²) in [5, 5.41) is 6.87. The van der Waals surface area contributed by atoms with Crippen LogP contribution in [0.1, 0.15) is 42.8 Å². The number of sulfonamides is 1. The fraction of sp³-hybridized carbons (Fsp3) is 0.455. The van der Waals surface area contributed by atoms with E-state index in [0.29, 0.717) is 25.1 Å². The lowest BCUT2D eigenvalue weighted by Gasteiger charge is -2.31. The van der Waals surface area contributed by atoms with Gasteiger partial charge in [-0.2, -0.15) is 4.31 Å². The number of aromatic nitrogens is 1. The highest BCUT2D eigenvalue weighted by Gasteiger charge is 2.37. The monoisotopic (exact) mass is 446 g/mol. The van der Waals surface area contributed by atoms with Crippen molar-refractivity contribution in [2.75, 3.05) is 27.2 Å². The molecule has 0 aliphatic carbocycles. The molecule has 1 amide bonds. The molecule has 2 heterocycles. The molecule has 1 aliphatic heterocycles. The Morgan fingerprint density at radius 3 is 2.71 bits per heavy atom. The Kier molecular flexibility index (Phi) is 7.17. The lowest BCUT2D eigenvalue weighted by molar-refractivity contribution is -0.126. The Balaban J connectivity index is 1.75. The van der Waals surface area contributed by atoms with E-state index in [2.05, 4.69) is 10.5 Å². The fourth-order valence-electron chi connectivity index (χ4n) is 3.68. The SMILES string of the molecule is Cc1noc(/C=C/N(C)C)c1S(=O)(=O)N1CCC[C@@H](C(=O)N[C@@H](C)c2ccccc2)C1. The van der Waals surface area contributed by atoms with Crippen LogP contribution in [0.25, 0.3) is 6.08 Å². The van der Waals surface area contributed by atoms with Crippen molar-refractivity contribution in [2.24, 2.45) is 5.92 Å². The van der Waals surface area contributed by atoms with Crippen molar-refractivity contribution in [2.45, 2.75) is 37.6 Å². The number of hydrogen-bond acceptors (Lipinski definition) is 6. The summed E-state index contributed by atoms with van der Waals surface area (Å²) in [6, 6.07) is 9.55. The molecular weight excluding hydrogens is 416 g/mol. The highest BCUT2D eigenvalue weighted by Crippen LogP contribution is 2.29. The molecule has 8 nitrogen and oxygen atoms in total. The first-order chi connectivity index (χ1) is 14.7. The van der Waals surface area contributed by atoms with Crippen molar-refractivity contribution >= 4 is 22.0 Å². The maximum Gasteiger partial charge on any atom is 0.248 e. The third-order valence-electron chi connectivity index (χ3n) is 5.37. The van der Waals surface area contributed by atoms with E-state index in [1.165, 1.54) is 4.31 Å². The number of benzene rings is 1. The number of piperidine rings is 1. The third-order valence-corrected chi connectivity index (χ3v) is 7.39. The smallest absolute Gasteiger partial charge is 0.248 e. The number of nitrogens with one attached hydrogen (secondary N) is 1. The Bertz CT molecular complexity index is 1030. The van der Waals surface area contributed by atoms with Gasteiger partial charge < -0.3 is 14.7 Å². The van der Waals surface area contributed by atoms with Gasteiger partial charge in [-0.05, 0) is 32.3 Å².